The number of hydrogen-bond donors (Lipinski definition) is 1. The van der Waals surface area contributed by atoms with Crippen LogP contribution < -0.4 is 5.73 Å². The second-order valence-electron chi connectivity index (χ2n) is 9.37. The van der Waals surface area contributed by atoms with Crippen molar-refractivity contribution in [1.82, 2.24) is 9.97 Å². The van der Waals surface area contributed by atoms with Crippen LogP contribution in [-0.2, 0) is 20.7 Å². The second-order valence-corrected chi connectivity index (χ2v) is 11.0. The fraction of sp³-hybridized carbons (Fsp3) is 0.346. The molecule has 1 aliphatic carbocycles. The van der Waals surface area contributed by atoms with Crippen molar-refractivity contribution >= 4 is 15.9 Å². The minimum absolute atomic E-state index is 0.0838. The minimum atomic E-state index is -3.67. The third-order valence-corrected chi connectivity index (χ3v) is 7.12. The molecule has 2 aromatic heterocycles. The van der Waals surface area contributed by atoms with Gasteiger partial charge in [0.05, 0.1) is 17.9 Å². The molecule has 0 saturated heterocycles. The molecule has 3 aromatic rings. The first-order valence-electron chi connectivity index (χ1n) is 11.7. The molecule has 1 aliphatic rings. The van der Waals surface area contributed by atoms with Gasteiger partial charge in [0.1, 0.15) is 28.8 Å². The third kappa shape index (κ3) is 6.06. The maximum absolute atomic E-state index is 14.4. The zero-order valence-corrected chi connectivity index (χ0v) is 21.0. The average Bonchev–Trinajstić information content (AvgIpc) is 2.82. The number of halogens is 3. The normalized spacial score (nSPS) is 22.1. The highest BCUT2D eigenvalue weighted by Gasteiger charge is 2.37. The van der Waals surface area contributed by atoms with E-state index in [-0.39, 0.29) is 24.0 Å². The lowest BCUT2D eigenvalue weighted by atomic mass is 9.74. The van der Waals surface area contributed by atoms with Crippen molar-refractivity contribution in [3.05, 3.63) is 83.1 Å². The molecule has 1 aromatic carbocycles. The third-order valence-electron chi connectivity index (χ3n) is 6.55. The number of ketones is 1. The number of pyridine rings is 2. The van der Waals surface area contributed by atoms with Crippen molar-refractivity contribution in [3.8, 4) is 11.3 Å². The highest BCUT2D eigenvalue weighted by molar-refractivity contribution is 7.86. The van der Waals surface area contributed by atoms with E-state index in [0.717, 1.165) is 36.1 Å². The Morgan fingerprint density at radius 1 is 1.08 bits per heavy atom. The molecule has 37 heavy (non-hydrogen) atoms. The van der Waals surface area contributed by atoms with Crippen LogP contribution in [0.3, 0.4) is 0 Å². The molecule has 0 unspecified atom stereocenters. The van der Waals surface area contributed by atoms with Gasteiger partial charge in [-0.25, -0.2) is 18.2 Å². The standard InChI is InChI=1S/C26H26F3N3O4S/c1-14-10-15(11-21(30)26(14)36-37(2,34)35)17-8-9-31-13-16(17)12-23(33)22-7-6-20(29)25(32-22)24-18(27)4-3-5-19(24)28/h3-9,13-15,21,26H,10-12,30H2,1-2H3/t14-,15+,21+,26+/m0/s1. The lowest BCUT2D eigenvalue weighted by molar-refractivity contribution is 0.0801. The molecular weight excluding hydrogens is 507 g/mol. The zero-order valence-electron chi connectivity index (χ0n) is 20.2. The van der Waals surface area contributed by atoms with Crippen molar-refractivity contribution in [3.63, 3.8) is 0 Å². The van der Waals surface area contributed by atoms with Crippen LogP contribution in [-0.4, -0.2) is 42.6 Å². The number of Topliss-reactive ketones (excluding diaryl/α,β-unsaturated/α-hetero) is 1. The molecule has 196 valence electrons. The molecule has 4 rings (SSSR count). The maximum Gasteiger partial charge on any atom is 0.264 e. The topological polar surface area (TPSA) is 112 Å². The summed E-state index contributed by atoms with van der Waals surface area (Å²) >= 11 is 0. The maximum atomic E-state index is 14.4. The summed E-state index contributed by atoms with van der Waals surface area (Å²) in [6.45, 7) is 1.86. The average molecular weight is 534 g/mol. The van der Waals surface area contributed by atoms with Gasteiger partial charge in [-0.3, -0.25) is 14.0 Å². The second kappa shape index (κ2) is 10.7. The molecule has 0 amide bonds. The molecule has 7 nitrogen and oxygen atoms in total. The van der Waals surface area contributed by atoms with E-state index in [1.54, 1.807) is 18.5 Å². The zero-order chi connectivity index (χ0) is 26.9. The Balaban J connectivity index is 1.59. The molecule has 2 heterocycles. The van der Waals surface area contributed by atoms with Crippen LogP contribution in [0.4, 0.5) is 13.2 Å². The fourth-order valence-corrected chi connectivity index (χ4v) is 5.67. The number of benzene rings is 1. The molecule has 0 spiro atoms. The van der Waals surface area contributed by atoms with Crippen molar-refractivity contribution in [2.24, 2.45) is 11.7 Å². The lowest BCUT2D eigenvalue weighted by Gasteiger charge is -2.38. The first-order chi connectivity index (χ1) is 17.4. The quantitative estimate of drug-likeness (QED) is 0.358. The molecule has 1 saturated carbocycles. The Labute approximate surface area is 213 Å². The number of carbonyl (C=O) groups is 1. The molecule has 4 atom stereocenters. The first-order valence-corrected chi connectivity index (χ1v) is 13.5. The van der Waals surface area contributed by atoms with Gasteiger partial charge in [0, 0.05) is 24.9 Å². The Hall–Kier alpha value is -3.15. The lowest BCUT2D eigenvalue weighted by Crippen LogP contribution is -2.47. The van der Waals surface area contributed by atoms with Gasteiger partial charge in [-0.1, -0.05) is 13.0 Å². The van der Waals surface area contributed by atoms with Gasteiger partial charge in [-0.05, 0) is 66.1 Å². The van der Waals surface area contributed by atoms with Gasteiger partial charge in [-0.15, -0.1) is 0 Å². The van der Waals surface area contributed by atoms with Crippen molar-refractivity contribution in [2.75, 3.05) is 6.26 Å². The van der Waals surface area contributed by atoms with Crippen LogP contribution >= 0.6 is 0 Å². The number of nitrogens with zero attached hydrogens (tertiary/aromatic N) is 2. The van der Waals surface area contributed by atoms with Crippen molar-refractivity contribution in [1.29, 1.82) is 0 Å². The largest absolute Gasteiger partial charge is 0.325 e. The molecule has 0 radical (unpaired) electrons. The Kier molecular flexibility index (Phi) is 7.77. The molecule has 11 heteroatoms. The van der Waals surface area contributed by atoms with E-state index in [2.05, 4.69) is 9.97 Å². The van der Waals surface area contributed by atoms with Gasteiger partial charge < -0.3 is 5.73 Å². The highest BCUT2D eigenvalue weighted by Crippen LogP contribution is 2.39. The number of hydrogen-bond acceptors (Lipinski definition) is 7. The van der Waals surface area contributed by atoms with E-state index in [9.17, 15) is 26.4 Å². The predicted octanol–water partition coefficient (Wildman–Crippen LogP) is 4.17. The van der Waals surface area contributed by atoms with Crippen LogP contribution in [0.5, 0.6) is 0 Å². The monoisotopic (exact) mass is 533 g/mol. The van der Waals surface area contributed by atoms with E-state index < -0.39 is 56.8 Å². The van der Waals surface area contributed by atoms with Crippen LogP contribution in [0, 0.1) is 23.4 Å². The molecule has 1 fully saturated rings. The fourth-order valence-electron chi connectivity index (χ4n) is 4.93. The first kappa shape index (κ1) is 26.9. The van der Waals surface area contributed by atoms with E-state index in [1.165, 1.54) is 6.07 Å². The Bertz CT molecular complexity index is 1400. The van der Waals surface area contributed by atoms with E-state index in [1.807, 2.05) is 6.92 Å². The predicted molar refractivity (Wildman–Crippen MR) is 131 cm³/mol. The summed E-state index contributed by atoms with van der Waals surface area (Å²) in [5.74, 6) is -3.69. The summed E-state index contributed by atoms with van der Waals surface area (Å²) in [5.41, 5.74) is 6.32. The van der Waals surface area contributed by atoms with Gasteiger partial charge in [-0.2, -0.15) is 8.42 Å². The number of rotatable bonds is 7. The minimum Gasteiger partial charge on any atom is -0.325 e. The number of nitrogens with two attached hydrogens (primary N) is 1. The summed E-state index contributed by atoms with van der Waals surface area (Å²) in [6.07, 6.45) is 4.34. The molecule has 0 aliphatic heterocycles. The van der Waals surface area contributed by atoms with Gasteiger partial charge in [0.2, 0.25) is 0 Å². The van der Waals surface area contributed by atoms with Crippen molar-refractivity contribution < 1.29 is 30.6 Å². The number of aromatic nitrogens is 2. The van der Waals surface area contributed by atoms with Crippen LogP contribution in [0.15, 0.2) is 48.8 Å². The van der Waals surface area contributed by atoms with E-state index in [4.69, 9.17) is 9.92 Å². The van der Waals surface area contributed by atoms with E-state index >= 15 is 0 Å². The highest BCUT2D eigenvalue weighted by atomic mass is 32.2. The van der Waals surface area contributed by atoms with Crippen LogP contribution in [0.1, 0.15) is 47.3 Å². The Morgan fingerprint density at radius 3 is 2.43 bits per heavy atom. The summed E-state index contributed by atoms with van der Waals surface area (Å²) in [7, 11) is -3.67. The van der Waals surface area contributed by atoms with Gasteiger partial charge in [0.15, 0.2) is 5.78 Å². The molecular formula is C26H26F3N3O4S. The van der Waals surface area contributed by atoms with Crippen LogP contribution in [0.2, 0.25) is 0 Å². The van der Waals surface area contributed by atoms with Crippen molar-refractivity contribution in [2.45, 2.75) is 44.2 Å². The smallest absolute Gasteiger partial charge is 0.264 e. The van der Waals surface area contributed by atoms with E-state index in [0.29, 0.717) is 18.4 Å². The summed E-state index contributed by atoms with van der Waals surface area (Å²) in [4.78, 5) is 21.2. The Morgan fingerprint density at radius 2 is 1.78 bits per heavy atom. The summed E-state index contributed by atoms with van der Waals surface area (Å²) in [5, 5.41) is 0. The van der Waals surface area contributed by atoms with Gasteiger partial charge in [0.25, 0.3) is 10.1 Å². The summed E-state index contributed by atoms with van der Waals surface area (Å²) in [6, 6.07) is 6.48. The summed E-state index contributed by atoms with van der Waals surface area (Å²) < 4.78 is 71.4. The SMILES string of the molecule is C[C@H]1C[C@@H](c2ccncc2CC(=O)c2ccc(F)c(-c3c(F)cccc3F)n2)C[C@@H](N)[C@@H]1OS(C)(=O)=O. The van der Waals surface area contributed by atoms with Crippen LogP contribution in [0.25, 0.3) is 11.3 Å². The number of carbonyl (C=O) groups excluding carboxylic acids is 1. The molecule has 0 bridgehead atoms. The van der Waals surface area contributed by atoms with Gasteiger partial charge >= 0.3 is 0 Å². The molecule has 2 N–H and O–H groups in total.